The van der Waals surface area contributed by atoms with Crippen molar-refractivity contribution in [2.45, 2.75) is 54.8 Å². The van der Waals surface area contributed by atoms with Crippen LogP contribution >= 0.6 is 0 Å². The summed E-state index contributed by atoms with van der Waals surface area (Å²) in [4.78, 5) is 13.0. The fourth-order valence-electron chi connectivity index (χ4n) is 3.55. The predicted molar refractivity (Wildman–Crippen MR) is 112 cm³/mol. The quantitative estimate of drug-likeness (QED) is 0.731. The molecular formula is C21H26F3N3O4S. The summed E-state index contributed by atoms with van der Waals surface area (Å²) in [7, 11) is -2.70. The van der Waals surface area contributed by atoms with Gasteiger partial charge in [-0.3, -0.25) is 9.48 Å². The van der Waals surface area contributed by atoms with Crippen LogP contribution in [0.2, 0.25) is 0 Å². The highest BCUT2D eigenvalue weighted by atomic mass is 32.2. The highest BCUT2D eigenvalue weighted by molar-refractivity contribution is 7.93. The Labute approximate surface area is 184 Å². The van der Waals surface area contributed by atoms with Crippen LogP contribution in [-0.4, -0.2) is 42.1 Å². The lowest BCUT2D eigenvalue weighted by Gasteiger charge is -2.35. The van der Waals surface area contributed by atoms with Gasteiger partial charge in [-0.15, -0.1) is 0 Å². The van der Waals surface area contributed by atoms with Gasteiger partial charge in [0.15, 0.2) is 14.6 Å². The van der Waals surface area contributed by atoms with Gasteiger partial charge in [0.05, 0.1) is 16.2 Å². The molecule has 1 amide bonds. The Bertz CT molecular complexity index is 1090. The van der Waals surface area contributed by atoms with Crippen molar-refractivity contribution < 1.29 is 31.1 Å². The number of rotatable bonds is 4. The van der Waals surface area contributed by atoms with E-state index in [-0.39, 0.29) is 36.4 Å². The van der Waals surface area contributed by atoms with Gasteiger partial charge in [0, 0.05) is 31.7 Å². The maximum Gasteiger partial charge on any atom is 0.416 e. The fourth-order valence-corrected chi connectivity index (χ4v) is 5.49. The number of hydrogen-bond donors (Lipinski definition) is 1. The molecule has 0 unspecified atom stereocenters. The van der Waals surface area contributed by atoms with Crippen LogP contribution in [0.4, 0.5) is 19.0 Å². The molecule has 0 aliphatic carbocycles. The zero-order valence-electron chi connectivity index (χ0n) is 18.3. The van der Waals surface area contributed by atoms with Crippen LogP contribution < -0.4 is 5.32 Å². The molecule has 0 spiro atoms. The molecule has 0 saturated carbocycles. The monoisotopic (exact) mass is 473 g/mol. The van der Waals surface area contributed by atoms with E-state index in [9.17, 15) is 26.4 Å². The van der Waals surface area contributed by atoms with Gasteiger partial charge < -0.3 is 10.1 Å². The fraction of sp³-hybridized carbons (Fsp3) is 0.524. The van der Waals surface area contributed by atoms with Crippen LogP contribution in [0.3, 0.4) is 0 Å². The number of anilines is 1. The number of amides is 1. The third-order valence-electron chi connectivity index (χ3n) is 5.61. The number of alkyl halides is 3. The van der Waals surface area contributed by atoms with Crippen LogP contribution in [0.25, 0.3) is 0 Å². The first-order chi connectivity index (χ1) is 14.7. The summed E-state index contributed by atoms with van der Waals surface area (Å²) >= 11 is 0. The Balaban J connectivity index is 1.99. The molecular weight excluding hydrogens is 447 g/mol. The first-order valence-electron chi connectivity index (χ1n) is 10.0. The summed E-state index contributed by atoms with van der Waals surface area (Å²) in [5.74, 6) is -0.433. The summed E-state index contributed by atoms with van der Waals surface area (Å²) in [5.41, 5.74) is -0.544. The van der Waals surface area contributed by atoms with E-state index < -0.39 is 32.2 Å². The minimum absolute atomic E-state index is 0.0336. The summed E-state index contributed by atoms with van der Waals surface area (Å²) in [6, 6.07) is 4.87. The molecule has 1 aliphatic heterocycles. The lowest BCUT2D eigenvalue weighted by Crippen LogP contribution is -2.53. The lowest BCUT2D eigenvalue weighted by molar-refractivity contribution is -0.137. The number of aromatic nitrogens is 2. The Hall–Kier alpha value is -2.40. The Morgan fingerprint density at radius 1 is 1.12 bits per heavy atom. The van der Waals surface area contributed by atoms with Gasteiger partial charge in [-0.25, -0.2) is 8.42 Å². The summed E-state index contributed by atoms with van der Waals surface area (Å²) in [6.07, 6.45) is -4.83. The van der Waals surface area contributed by atoms with E-state index in [4.69, 9.17) is 4.74 Å². The molecule has 7 nitrogen and oxygen atoms in total. The number of nitrogens with zero attached hydrogens (tertiary/aromatic N) is 2. The van der Waals surface area contributed by atoms with Crippen molar-refractivity contribution >= 4 is 21.6 Å². The number of carbonyl (C=O) groups is 1. The molecule has 0 radical (unpaired) electrons. The SMILES string of the molecule is Cn1nc(C(C)(C)C)cc1NC(=O)C1(S(=O)(=O)c2ccc(C(F)(F)F)cc2)CCOCC1. The number of benzene rings is 1. The average molecular weight is 474 g/mol. The second-order valence-corrected chi connectivity index (χ2v) is 11.1. The van der Waals surface area contributed by atoms with E-state index in [1.165, 1.54) is 4.68 Å². The predicted octanol–water partition coefficient (Wildman–Crippen LogP) is 3.70. The zero-order chi connectivity index (χ0) is 23.9. The second-order valence-electron chi connectivity index (χ2n) is 8.87. The molecule has 1 N–H and O–H groups in total. The molecule has 1 aliphatic rings. The molecule has 2 heterocycles. The van der Waals surface area contributed by atoms with Crippen molar-refractivity contribution in [2.75, 3.05) is 18.5 Å². The number of sulfone groups is 1. The smallest absolute Gasteiger partial charge is 0.381 e. The lowest BCUT2D eigenvalue weighted by atomic mass is 9.92. The van der Waals surface area contributed by atoms with E-state index in [0.29, 0.717) is 23.6 Å². The van der Waals surface area contributed by atoms with Crippen molar-refractivity contribution in [3.63, 3.8) is 0 Å². The normalized spacial score (nSPS) is 17.2. The largest absolute Gasteiger partial charge is 0.416 e. The van der Waals surface area contributed by atoms with E-state index in [2.05, 4.69) is 10.4 Å². The van der Waals surface area contributed by atoms with Crippen molar-refractivity contribution in [1.82, 2.24) is 9.78 Å². The molecule has 11 heteroatoms. The number of hydrogen-bond acceptors (Lipinski definition) is 5. The van der Waals surface area contributed by atoms with Crippen LogP contribution in [0.1, 0.15) is 44.9 Å². The van der Waals surface area contributed by atoms with E-state index in [0.717, 1.165) is 12.1 Å². The molecule has 1 aromatic heterocycles. The Kier molecular flexibility index (Phi) is 6.20. The summed E-state index contributed by atoms with van der Waals surface area (Å²) in [5, 5.41) is 7.05. The van der Waals surface area contributed by atoms with Crippen LogP contribution in [0.5, 0.6) is 0 Å². The molecule has 1 saturated heterocycles. The zero-order valence-corrected chi connectivity index (χ0v) is 19.1. The third kappa shape index (κ3) is 4.40. The number of carbonyl (C=O) groups excluding carboxylic acids is 1. The van der Waals surface area contributed by atoms with Gasteiger partial charge >= 0.3 is 6.18 Å². The maximum atomic E-state index is 13.5. The second kappa shape index (κ2) is 8.18. The van der Waals surface area contributed by atoms with Crippen LogP contribution in [0.15, 0.2) is 35.2 Å². The Morgan fingerprint density at radius 2 is 1.69 bits per heavy atom. The Morgan fingerprint density at radius 3 is 2.16 bits per heavy atom. The molecule has 0 atom stereocenters. The molecule has 1 fully saturated rings. The number of halogens is 3. The van der Waals surface area contributed by atoms with E-state index in [1.54, 1.807) is 13.1 Å². The van der Waals surface area contributed by atoms with Gasteiger partial charge in [-0.2, -0.15) is 18.3 Å². The van der Waals surface area contributed by atoms with E-state index >= 15 is 0 Å². The molecule has 3 rings (SSSR count). The van der Waals surface area contributed by atoms with Crippen molar-refractivity contribution in [1.29, 1.82) is 0 Å². The van der Waals surface area contributed by atoms with Gasteiger partial charge in [-0.05, 0) is 37.1 Å². The van der Waals surface area contributed by atoms with Crippen molar-refractivity contribution in [3.8, 4) is 0 Å². The van der Waals surface area contributed by atoms with Crippen LogP contribution in [-0.2, 0) is 38.0 Å². The van der Waals surface area contributed by atoms with Gasteiger partial charge in [0.25, 0.3) is 0 Å². The minimum atomic E-state index is -4.60. The number of aryl methyl sites for hydroxylation is 1. The summed E-state index contributed by atoms with van der Waals surface area (Å²) < 4.78 is 70.6. The topological polar surface area (TPSA) is 90.3 Å². The average Bonchev–Trinajstić information content (AvgIpc) is 3.08. The van der Waals surface area contributed by atoms with Gasteiger partial charge in [0.1, 0.15) is 5.82 Å². The highest BCUT2D eigenvalue weighted by Gasteiger charge is 2.52. The van der Waals surface area contributed by atoms with Gasteiger partial charge in [-0.1, -0.05) is 20.8 Å². The summed E-state index contributed by atoms with van der Waals surface area (Å²) in [6.45, 7) is 5.93. The maximum absolute atomic E-state index is 13.5. The van der Waals surface area contributed by atoms with Gasteiger partial charge in [0.2, 0.25) is 5.91 Å². The van der Waals surface area contributed by atoms with Crippen molar-refractivity contribution in [3.05, 3.63) is 41.6 Å². The first kappa shape index (κ1) is 24.2. The van der Waals surface area contributed by atoms with E-state index in [1.807, 2.05) is 20.8 Å². The molecule has 176 valence electrons. The number of nitrogens with one attached hydrogen (secondary N) is 1. The minimum Gasteiger partial charge on any atom is -0.381 e. The third-order valence-corrected chi connectivity index (χ3v) is 8.13. The van der Waals surface area contributed by atoms with Crippen LogP contribution in [0, 0.1) is 0 Å². The number of ether oxygens (including phenoxy) is 1. The molecule has 0 bridgehead atoms. The van der Waals surface area contributed by atoms with Crippen molar-refractivity contribution in [2.24, 2.45) is 7.05 Å². The standard InChI is InChI=1S/C21H26F3N3O4S/c1-19(2,3)16-13-17(27(4)26-16)25-18(28)20(9-11-31-12-10-20)32(29,30)15-7-5-14(6-8-15)21(22,23)24/h5-8,13H,9-12H2,1-4H3,(H,25,28). The highest BCUT2D eigenvalue weighted by Crippen LogP contribution is 2.38. The molecule has 32 heavy (non-hydrogen) atoms. The molecule has 2 aromatic rings. The first-order valence-corrected chi connectivity index (χ1v) is 11.5. The molecule has 1 aromatic carbocycles.